The third-order valence-electron chi connectivity index (χ3n) is 3.69. The number of nitrogens with zero attached hydrogens (tertiary/aromatic N) is 1. The fourth-order valence-corrected chi connectivity index (χ4v) is 2.48. The molecule has 1 aliphatic heterocycles. The Morgan fingerprint density at radius 3 is 2.33 bits per heavy atom. The first-order valence-corrected chi connectivity index (χ1v) is 6.79. The fraction of sp³-hybridized carbons (Fsp3) is 1.00. The number of hydrogen-bond donors (Lipinski definition) is 1. The number of hydrogen-bond acceptors (Lipinski definition) is 2. The molecule has 0 saturated carbocycles. The molecule has 15 heavy (non-hydrogen) atoms. The van der Waals surface area contributed by atoms with Gasteiger partial charge in [-0.3, -0.25) is 0 Å². The van der Waals surface area contributed by atoms with E-state index in [1.807, 2.05) is 0 Å². The highest BCUT2D eigenvalue weighted by Crippen LogP contribution is 2.18. The van der Waals surface area contributed by atoms with Crippen molar-refractivity contribution in [3.63, 3.8) is 0 Å². The molecule has 0 aromatic carbocycles. The maximum atomic E-state index is 3.43. The van der Waals surface area contributed by atoms with E-state index in [2.05, 4.69) is 24.1 Å². The Hall–Kier alpha value is -0.0800. The largest absolute Gasteiger partial charge is 0.317 e. The number of piperidine rings is 1. The Bertz CT molecular complexity index is 137. The lowest BCUT2D eigenvalue weighted by Gasteiger charge is -2.23. The van der Waals surface area contributed by atoms with Crippen LogP contribution in [0.5, 0.6) is 0 Å². The molecule has 0 unspecified atom stereocenters. The molecule has 1 aliphatic rings. The van der Waals surface area contributed by atoms with E-state index in [-0.39, 0.29) is 0 Å². The molecule has 90 valence electrons. The van der Waals surface area contributed by atoms with Gasteiger partial charge in [-0.1, -0.05) is 26.7 Å². The van der Waals surface area contributed by atoms with Gasteiger partial charge < -0.3 is 10.2 Å². The highest BCUT2D eigenvalue weighted by molar-refractivity contribution is 4.68. The van der Waals surface area contributed by atoms with E-state index in [9.17, 15) is 0 Å². The van der Waals surface area contributed by atoms with Crippen LogP contribution < -0.4 is 5.32 Å². The molecule has 1 rings (SSSR count). The van der Waals surface area contributed by atoms with Gasteiger partial charge in [-0.05, 0) is 57.9 Å². The van der Waals surface area contributed by atoms with E-state index in [1.54, 1.807) is 0 Å². The maximum absolute atomic E-state index is 3.43. The number of rotatable bonds is 7. The summed E-state index contributed by atoms with van der Waals surface area (Å²) in [6.07, 6.45) is 7.10. The minimum atomic E-state index is 1.02. The zero-order valence-corrected chi connectivity index (χ0v) is 10.6. The van der Waals surface area contributed by atoms with Crippen LogP contribution in [0, 0.1) is 5.92 Å². The molecule has 1 saturated heterocycles. The molecular weight excluding hydrogens is 184 g/mol. The summed E-state index contributed by atoms with van der Waals surface area (Å²) in [7, 11) is 0. The summed E-state index contributed by atoms with van der Waals surface area (Å²) in [5.41, 5.74) is 0. The van der Waals surface area contributed by atoms with E-state index in [0.717, 1.165) is 5.92 Å². The van der Waals surface area contributed by atoms with Gasteiger partial charge in [0.05, 0.1) is 0 Å². The SMILES string of the molecule is CCN(CC)CCCCC1CCNCC1. The third kappa shape index (κ3) is 5.53. The molecule has 0 aliphatic carbocycles. The second-order valence-corrected chi connectivity index (χ2v) is 4.72. The first kappa shape index (κ1) is 13.0. The second-order valence-electron chi connectivity index (χ2n) is 4.72. The molecule has 0 atom stereocenters. The van der Waals surface area contributed by atoms with Crippen molar-refractivity contribution >= 4 is 0 Å². The van der Waals surface area contributed by atoms with Crippen LogP contribution in [0.2, 0.25) is 0 Å². The van der Waals surface area contributed by atoms with Crippen molar-refractivity contribution in [2.24, 2.45) is 5.92 Å². The Kier molecular flexibility index (Phi) is 7.03. The lowest BCUT2D eigenvalue weighted by atomic mass is 9.92. The summed E-state index contributed by atoms with van der Waals surface area (Å²) in [4.78, 5) is 2.53. The monoisotopic (exact) mass is 212 g/mol. The lowest BCUT2D eigenvalue weighted by Crippen LogP contribution is -2.28. The predicted molar refractivity (Wildman–Crippen MR) is 67.2 cm³/mol. The molecule has 0 radical (unpaired) electrons. The van der Waals surface area contributed by atoms with Gasteiger partial charge in [-0.25, -0.2) is 0 Å². The molecule has 0 aromatic heterocycles. The van der Waals surface area contributed by atoms with Crippen LogP contribution in [0.3, 0.4) is 0 Å². The molecule has 2 nitrogen and oxygen atoms in total. The van der Waals surface area contributed by atoms with Crippen molar-refractivity contribution in [1.82, 2.24) is 10.2 Å². The van der Waals surface area contributed by atoms with Crippen molar-refractivity contribution in [3.8, 4) is 0 Å². The highest BCUT2D eigenvalue weighted by Gasteiger charge is 2.12. The van der Waals surface area contributed by atoms with E-state index in [4.69, 9.17) is 0 Å². The van der Waals surface area contributed by atoms with Crippen molar-refractivity contribution in [3.05, 3.63) is 0 Å². The predicted octanol–water partition coefficient (Wildman–Crippen LogP) is 2.50. The van der Waals surface area contributed by atoms with Gasteiger partial charge in [-0.15, -0.1) is 0 Å². The molecule has 1 heterocycles. The first-order chi connectivity index (χ1) is 7.36. The second kappa shape index (κ2) is 8.12. The summed E-state index contributed by atoms with van der Waals surface area (Å²) in [6.45, 7) is 10.7. The zero-order chi connectivity index (χ0) is 10.9. The van der Waals surface area contributed by atoms with Gasteiger partial charge in [0.1, 0.15) is 0 Å². The molecule has 0 amide bonds. The van der Waals surface area contributed by atoms with E-state index in [0.29, 0.717) is 0 Å². The topological polar surface area (TPSA) is 15.3 Å². The Labute approximate surface area is 95.4 Å². The smallest absolute Gasteiger partial charge is 0.00190 e. The van der Waals surface area contributed by atoms with Crippen molar-refractivity contribution in [2.45, 2.75) is 46.0 Å². The Balaban J connectivity index is 1.95. The van der Waals surface area contributed by atoms with Crippen LogP contribution in [-0.2, 0) is 0 Å². The fourth-order valence-electron chi connectivity index (χ4n) is 2.48. The minimum Gasteiger partial charge on any atom is -0.317 e. The molecule has 0 bridgehead atoms. The quantitative estimate of drug-likeness (QED) is 0.652. The standard InChI is InChI=1S/C13H28N2/c1-3-15(4-2)12-6-5-7-13-8-10-14-11-9-13/h13-14H,3-12H2,1-2H3. The average Bonchev–Trinajstić information content (AvgIpc) is 2.31. The summed E-state index contributed by atoms with van der Waals surface area (Å²) < 4.78 is 0. The summed E-state index contributed by atoms with van der Waals surface area (Å²) in [6, 6.07) is 0. The number of unbranched alkanes of at least 4 members (excludes halogenated alkanes) is 1. The van der Waals surface area contributed by atoms with Crippen molar-refractivity contribution < 1.29 is 0 Å². The van der Waals surface area contributed by atoms with Gasteiger partial charge in [0.25, 0.3) is 0 Å². The maximum Gasteiger partial charge on any atom is -0.00190 e. The molecule has 1 N–H and O–H groups in total. The zero-order valence-electron chi connectivity index (χ0n) is 10.6. The van der Waals surface area contributed by atoms with Crippen LogP contribution in [0.1, 0.15) is 46.0 Å². The Morgan fingerprint density at radius 2 is 1.73 bits per heavy atom. The van der Waals surface area contributed by atoms with Crippen molar-refractivity contribution in [1.29, 1.82) is 0 Å². The van der Waals surface area contributed by atoms with Gasteiger partial charge >= 0.3 is 0 Å². The molecular formula is C13H28N2. The van der Waals surface area contributed by atoms with Gasteiger partial charge in [0, 0.05) is 0 Å². The average molecular weight is 212 g/mol. The minimum absolute atomic E-state index is 1.02. The summed E-state index contributed by atoms with van der Waals surface area (Å²) in [5.74, 6) is 1.02. The van der Waals surface area contributed by atoms with E-state index < -0.39 is 0 Å². The van der Waals surface area contributed by atoms with Crippen molar-refractivity contribution in [2.75, 3.05) is 32.7 Å². The van der Waals surface area contributed by atoms with Crippen LogP contribution in [0.25, 0.3) is 0 Å². The van der Waals surface area contributed by atoms with E-state index >= 15 is 0 Å². The lowest BCUT2D eigenvalue weighted by molar-refractivity contribution is 0.283. The van der Waals surface area contributed by atoms with Gasteiger partial charge in [0.2, 0.25) is 0 Å². The van der Waals surface area contributed by atoms with Gasteiger partial charge in [0.15, 0.2) is 0 Å². The first-order valence-electron chi connectivity index (χ1n) is 6.79. The highest BCUT2D eigenvalue weighted by atomic mass is 15.1. The van der Waals surface area contributed by atoms with Crippen LogP contribution in [0.15, 0.2) is 0 Å². The third-order valence-corrected chi connectivity index (χ3v) is 3.69. The van der Waals surface area contributed by atoms with Crippen LogP contribution >= 0.6 is 0 Å². The number of nitrogens with one attached hydrogen (secondary N) is 1. The molecule has 1 fully saturated rings. The molecule has 2 heteroatoms. The summed E-state index contributed by atoms with van der Waals surface area (Å²) >= 11 is 0. The van der Waals surface area contributed by atoms with E-state index in [1.165, 1.54) is 64.8 Å². The Morgan fingerprint density at radius 1 is 1.07 bits per heavy atom. The molecule has 0 spiro atoms. The molecule has 0 aromatic rings. The van der Waals surface area contributed by atoms with Crippen LogP contribution in [-0.4, -0.2) is 37.6 Å². The normalized spacial score (nSPS) is 18.6. The van der Waals surface area contributed by atoms with Crippen LogP contribution in [0.4, 0.5) is 0 Å². The van der Waals surface area contributed by atoms with Gasteiger partial charge in [-0.2, -0.15) is 0 Å². The summed E-state index contributed by atoms with van der Waals surface area (Å²) in [5, 5.41) is 3.43.